The zero-order valence-electron chi connectivity index (χ0n) is 10.9. The van der Waals surface area contributed by atoms with Crippen molar-refractivity contribution in [3.8, 4) is 0 Å². The van der Waals surface area contributed by atoms with E-state index >= 15 is 0 Å². The lowest BCUT2D eigenvalue weighted by atomic mass is 10.1. The Hall–Kier alpha value is -0.0800. The van der Waals surface area contributed by atoms with E-state index < -0.39 is 0 Å². The van der Waals surface area contributed by atoms with Crippen molar-refractivity contribution in [3.05, 3.63) is 0 Å². The Morgan fingerprint density at radius 3 is 2.75 bits per heavy atom. The van der Waals surface area contributed by atoms with Gasteiger partial charge in [-0.05, 0) is 44.7 Å². The van der Waals surface area contributed by atoms with E-state index in [-0.39, 0.29) is 0 Å². The molecular formula is C14H28N2. The van der Waals surface area contributed by atoms with Crippen molar-refractivity contribution in [2.45, 2.75) is 57.9 Å². The summed E-state index contributed by atoms with van der Waals surface area (Å²) < 4.78 is 0. The van der Waals surface area contributed by atoms with Gasteiger partial charge in [0.2, 0.25) is 0 Å². The van der Waals surface area contributed by atoms with Gasteiger partial charge in [0.05, 0.1) is 0 Å². The molecule has 1 saturated carbocycles. The van der Waals surface area contributed by atoms with Gasteiger partial charge in [-0.2, -0.15) is 0 Å². The van der Waals surface area contributed by atoms with Gasteiger partial charge in [0.15, 0.2) is 0 Å². The van der Waals surface area contributed by atoms with Crippen LogP contribution < -0.4 is 5.32 Å². The van der Waals surface area contributed by atoms with Gasteiger partial charge < -0.3 is 10.2 Å². The average molecular weight is 224 g/mol. The molecule has 2 fully saturated rings. The lowest BCUT2D eigenvalue weighted by molar-refractivity contribution is 0.224. The van der Waals surface area contributed by atoms with Crippen LogP contribution in [0.25, 0.3) is 0 Å². The summed E-state index contributed by atoms with van der Waals surface area (Å²) in [5, 5.41) is 3.70. The highest BCUT2D eigenvalue weighted by Gasteiger charge is 2.22. The van der Waals surface area contributed by atoms with E-state index in [2.05, 4.69) is 17.1 Å². The Morgan fingerprint density at radius 2 is 2.00 bits per heavy atom. The second kappa shape index (κ2) is 6.61. The Balaban J connectivity index is 1.77. The molecule has 2 rings (SSSR count). The number of hydrogen-bond acceptors (Lipinski definition) is 2. The molecule has 1 aliphatic heterocycles. The minimum Gasteiger partial charge on any atom is -0.313 e. The predicted molar refractivity (Wildman–Crippen MR) is 69.7 cm³/mol. The standard InChI is InChI=1S/C14H28N2/c1-2-6-14-12-16(10-5-9-15-14)11-13-7-3-4-8-13/h13-15H,2-12H2,1H3. The van der Waals surface area contributed by atoms with Gasteiger partial charge in [0.1, 0.15) is 0 Å². The molecule has 0 radical (unpaired) electrons. The number of hydrogen-bond donors (Lipinski definition) is 1. The zero-order chi connectivity index (χ0) is 11.2. The molecule has 0 bridgehead atoms. The van der Waals surface area contributed by atoms with Crippen molar-refractivity contribution in [2.24, 2.45) is 5.92 Å². The summed E-state index contributed by atoms with van der Waals surface area (Å²) in [7, 11) is 0. The zero-order valence-corrected chi connectivity index (χ0v) is 10.9. The Morgan fingerprint density at radius 1 is 1.19 bits per heavy atom. The molecule has 1 aliphatic carbocycles. The number of rotatable bonds is 4. The van der Waals surface area contributed by atoms with E-state index in [1.54, 1.807) is 0 Å². The molecule has 0 amide bonds. The molecular weight excluding hydrogens is 196 g/mol. The Labute approximate surface area is 101 Å². The topological polar surface area (TPSA) is 15.3 Å². The molecule has 0 aromatic rings. The fourth-order valence-corrected chi connectivity index (χ4v) is 3.34. The van der Waals surface area contributed by atoms with Gasteiger partial charge >= 0.3 is 0 Å². The third-order valence-electron chi connectivity index (χ3n) is 4.19. The van der Waals surface area contributed by atoms with E-state index in [1.807, 2.05) is 0 Å². The lowest BCUT2D eigenvalue weighted by Gasteiger charge is -2.26. The molecule has 1 atom stereocenters. The van der Waals surface area contributed by atoms with Crippen LogP contribution in [-0.4, -0.2) is 37.1 Å². The van der Waals surface area contributed by atoms with Gasteiger partial charge in [0.25, 0.3) is 0 Å². The molecule has 2 nitrogen and oxygen atoms in total. The number of nitrogens with one attached hydrogen (secondary N) is 1. The first kappa shape index (κ1) is 12.4. The van der Waals surface area contributed by atoms with E-state index in [0.29, 0.717) is 0 Å². The first-order valence-electron chi connectivity index (χ1n) is 7.34. The van der Waals surface area contributed by atoms with Crippen LogP contribution in [0.2, 0.25) is 0 Å². The summed E-state index contributed by atoms with van der Waals surface area (Å²) in [5.41, 5.74) is 0. The maximum absolute atomic E-state index is 3.70. The minimum atomic E-state index is 0.758. The van der Waals surface area contributed by atoms with Crippen LogP contribution in [0, 0.1) is 5.92 Å². The first-order valence-corrected chi connectivity index (χ1v) is 7.34. The SMILES string of the molecule is CCCC1CN(CC2CCCC2)CCCN1. The van der Waals surface area contributed by atoms with Crippen LogP contribution in [0.3, 0.4) is 0 Å². The maximum Gasteiger partial charge on any atom is 0.0194 e. The highest BCUT2D eigenvalue weighted by Crippen LogP contribution is 2.25. The fourth-order valence-electron chi connectivity index (χ4n) is 3.34. The van der Waals surface area contributed by atoms with Crippen molar-refractivity contribution < 1.29 is 0 Å². The van der Waals surface area contributed by atoms with Gasteiger partial charge in [-0.15, -0.1) is 0 Å². The quantitative estimate of drug-likeness (QED) is 0.790. The van der Waals surface area contributed by atoms with Crippen molar-refractivity contribution in [1.29, 1.82) is 0 Å². The summed E-state index contributed by atoms with van der Waals surface area (Å²) >= 11 is 0. The summed E-state index contributed by atoms with van der Waals surface area (Å²) in [5.74, 6) is 1.01. The fraction of sp³-hybridized carbons (Fsp3) is 1.00. The van der Waals surface area contributed by atoms with Gasteiger partial charge in [-0.3, -0.25) is 0 Å². The highest BCUT2D eigenvalue weighted by molar-refractivity contribution is 4.79. The third kappa shape index (κ3) is 3.74. The average Bonchev–Trinajstić information content (AvgIpc) is 2.67. The maximum atomic E-state index is 3.70. The molecule has 1 heterocycles. The highest BCUT2D eigenvalue weighted by atomic mass is 15.2. The van der Waals surface area contributed by atoms with Crippen LogP contribution in [0.15, 0.2) is 0 Å². The first-order chi connectivity index (χ1) is 7.88. The normalized spacial score (nSPS) is 29.4. The largest absolute Gasteiger partial charge is 0.313 e. The van der Waals surface area contributed by atoms with E-state index in [1.165, 1.54) is 71.1 Å². The molecule has 1 saturated heterocycles. The summed E-state index contributed by atoms with van der Waals surface area (Å²) in [4.78, 5) is 2.73. The molecule has 2 aliphatic rings. The van der Waals surface area contributed by atoms with Crippen LogP contribution in [-0.2, 0) is 0 Å². The van der Waals surface area contributed by atoms with E-state index in [0.717, 1.165) is 12.0 Å². The van der Waals surface area contributed by atoms with Gasteiger partial charge in [-0.1, -0.05) is 26.2 Å². The third-order valence-corrected chi connectivity index (χ3v) is 4.19. The van der Waals surface area contributed by atoms with Crippen LogP contribution in [0.1, 0.15) is 51.9 Å². The molecule has 2 heteroatoms. The molecule has 1 unspecified atom stereocenters. The Kier molecular flexibility index (Phi) is 5.11. The second-order valence-electron chi connectivity index (χ2n) is 5.70. The van der Waals surface area contributed by atoms with Crippen LogP contribution in [0.5, 0.6) is 0 Å². The van der Waals surface area contributed by atoms with Crippen molar-refractivity contribution in [1.82, 2.24) is 10.2 Å². The summed E-state index contributed by atoms with van der Waals surface area (Å²) in [6.07, 6.45) is 9.94. The van der Waals surface area contributed by atoms with Gasteiger partial charge in [-0.25, -0.2) is 0 Å². The molecule has 0 spiro atoms. The summed E-state index contributed by atoms with van der Waals surface area (Å²) in [6, 6.07) is 0.758. The van der Waals surface area contributed by atoms with E-state index in [4.69, 9.17) is 0 Å². The summed E-state index contributed by atoms with van der Waals surface area (Å²) in [6.45, 7) is 7.52. The molecule has 0 aromatic carbocycles. The lowest BCUT2D eigenvalue weighted by Crippen LogP contribution is -2.39. The monoisotopic (exact) mass is 224 g/mol. The number of nitrogens with zero attached hydrogens (tertiary/aromatic N) is 1. The van der Waals surface area contributed by atoms with E-state index in [9.17, 15) is 0 Å². The van der Waals surface area contributed by atoms with Crippen molar-refractivity contribution >= 4 is 0 Å². The molecule has 16 heavy (non-hydrogen) atoms. The van der Waals surface area contributed by atoms with Crippen LogP contribution >= 0.6 is 0 Å². The van der Waals surface area contributed by atoms with Gasteiger partial charge in [0, 0.05) is 19.1 Å². The predicted octanol–water partition coefficient (Wildman–Crippen LogP) is 2.64. The van der Waals surface area contributed by atoms with Crippen molar-refractivity contribution in [3.63, 3.8) is 0 Å². The minimum absolute atomic E-state index is 0.758. The molecule has 0 aromatic heterocycles. The smallest absolute Gasteiger partial charge is 0.0194 e. The second-order valence-corrected chi connectivity index (χ2v) is 5.70. The molecule has 1 N–H and O–H groups in total. The van der Waals surface area contributed by atoms with Crippen molar-refractivity contribution in [2.75, 3.05) is 26.2 Å². The molecule has 94 valence electrons. The van der Waals surface area contributed by atoms with Crippen LogP contribution in [0.4, 0.5) is 0 Å². The Bertz CT molecular complexity index is 187.